The fraction of sp³-hybridized carbons (Fsp3) is 0.450. The number of aromatic hydroxyl groups is 1. The average molecular weight is 372 g/mol. The number of carbonyl (C=O) groups excluding carboxylic acids is 2. The van der Waals surface area contributed by atoms with Crippen molar-refractivity contribution in [3.05, 3.63) is 46.8 Å². The van der Waals surface area contributed by atoms with Crippen molar-refractivity contribution in [2.24, 2.45) is 5.92 Å². The minimum atomic E-state index is -0.245. The molecule has 1 aromatic heterocycles. The molecule has 0 saturated heterocycles. The van der Waals surface area contributed by atoms with Gasteiger partial charge in [-0.3, -0.25) is 14.3 Å². The summed E-state index contributed by atoms with van der Waals surface area (Å²) in [7, 11) is 0. The number of nitrogens with one attached hydrogen (secondary N) is 2. The number of carbonyl (C=O) groups is 2. The standard InChI is InChI=1S/C20H28N4O3/c1-13(2)12-24-15(4)18(14(3)23-24)11-19(26)21-9-10-22-20(27)16-5-7-17(25)8-6-16/h5-8,13,25H,9-12H2,1-4H3,(H,21,26)(H,22,27). The van der Waals surface area contributed by atoms with E-state index in [1.165, 1.54) is 12.1 Å². The Kier molecular flexibility index (Phi) is 6.98. The molecule has 1 aromatic carbocycles. The quantitative estimate of drug-likeness (QED) is 0.617. The van der Waals surface area contributed by atoms with E-state index in [4.69, 9.17) is 0 Å². The van der Waals surface area contributed by atoms with E-state index in [0.717, 1.165) is 23.5 Å². The number of nitrogens with zero attached hydrogens (tertiary/aromatic N) is 2. The first-order valence-corrected chi connectivity index (χ1v) is 9.14. The summed E-state index contributed by atoms with van der Waals surface area (Å²) in [4.78, 5) is 24.2. The number of aromatic nitrogens is 2. The second kappa shape index (κ2) is 9.21. The highest BCUT2D eigenvalue weighted by atomic mass is 16.3. The van der Waals surface area contributed by atoms with Crippen LogP contribution in [0.4, 0.5) is 0 Å². The summed E-state index contributed by atoms with van der Waals surface area (Å²) < 4.78 is 1.96. The van der Waals surface area contributed by atoms with Gasteiger partial charge < -0.3 is 15.7 Å². The van der Waals surface area contributed by atoms with Gasteiger partial charge in [0.15, 0.2) is 0 Å². The maximum absolute atomic E-state index is 12.2. The summed E-state index contributed by atoms with van der Waals surface area (Å²) in [6.07, 6.45) is 0.279. The highest BCUT2D eigenvalue weighted by molar-refractivity contribution is 5.94. The molecule has 0 spiro atoms. The van der Waals surface area contributed by atoms with E-state index in [0.29, 0.717) is 24.6 Å². The first kappa shape index (κ1) is 20.5. The Morgan fingerprint density at radius 3 is 2.37 bits per heavy atom. The van der Waals surface area contributed by atoms with Gasteiger partial charge in [0, 0.05) is 36.5 Å². The number of phenols is 1. The molecule has 0 unspecified atom stereocenters. The Morgan fingerprint density at radius 1 is 1.11 bits per heavy atom. The van der Waals surface area contributed by atoms with Crippen LogP contribution >= 0.6 is 0 Å². The lowest BCUT2D eigenvalue weighted by Crippen LogP contribution is -2.35. The Balaban J connectivity index is 1.79. The van der Waals surface area contributed by atoms with Gasteiger partial charge in [-0.15, -0.1) is 0 Å². The van der Waals surface area contributed by atoms with Crippen LogP contribution in [0.15, 0.2) is 24.3 Å². The predicted octanol–water partition coefficient (Wildman–Crippen LogP) is 1.95. The molecule has 0 aliphatic heterocycles. The Bertz CT molecular complexity index is 794. The summed E-state index contributed by atoms with van der Waals surface area (Å²) >= 11 is 0. The number of hydrogen-bond acceptors (Lipinski definition) is 4. The first-order valence-electron chi connectivity index (χ1n) is 9.14. The van der Waals surface area contributed by atoms with E-state index in [-0.39, 0.29) is 24.0 Å². The summed E-state index contributed by atoms with van der Waals surface area (Å²) in [6, 6.07) is 6.01. The number of benzene rings is 1. The van der Waals surface area contributed by atoms with Crippen molar-refractivity contribution in [1.29, 1.82) is 0 Å². The van der Waals surface area contributed by atoms with Crippen molar-refractivity contribution >= 4 is 11.8 Å². The van der Waals surface area contributed by atoms with Gasteiger partial charge in [0.2, 0.25) is 5.91 Å². The molecule has 0 saturated carbocycles. The van der Waals surface area contributed by atoms with E-state index in [9.17, 15) is 14.7 Å². The Morgan fingerprint density at radius 2 is 1.74 bits per heavy atom. The Hall–Kier alpha value is -2.83. The molecule has 0 aliphatic carbocycles. The molecular formula is C20H28N4O3. The molecule has 146 valence electrons. The molecule has 27 heavy (non-hydrogen) atoms. The van der Waals surface area contributed by atoms with Gasteiger partial charge in [-0.2, -0.15) is 5.10 Å². The summed E-state index contributed by atoms with van der Waals surface area (Å²) in [5.74, 6) is 0.262. The average Bonchev–Trinajstić information content (AvgIpc) is 2.86. The van der Waals surface area contributed by atoms with E-state index >= 15 is 0 Å². The van der Waals surface area contributed by atoms with Gasteiger partial charge in [-0.25, -0.2) is 0 Å². The third kappa shape index (κ3) is 5.84. The molecule has 0 atom stereocenters. The van der Waals surface area contributed by atoms with E-state index < -0.39 is 0 Å². The van der Waals surface area contributed by atoms with Crippen molar-refractivity contribution in [2.45, 2.75) is 40.7 Å². The van der Waals surface area contributed by atoms with Crippen molar-refractivity contribution in [1.82, 2.24) is 20.4 Å². The van der Waals surface area contributed by atoms with Crippen LogP contribution in [-0.2, 0) is 17.8 Å². The van der Waals surface area contributed by atoms with Crippen molar-refractivity contribution in [3.8, 4) is 5.75 Å². The van der Waals surface area contributed by atoms with Gasteiger partial charge >= 0.3 is 0 Å². The van der Waals surface area contributed by atoms with E-state index in [1.54, 1.807) is 12.1 Å². The lowest BCUT2D eigenvalue weighted by molar-refractivity contribution is -0.120. The first-order chi connectivity index (χ1) is 12.8. The molecule has 2 aromatic rings. The van der Waals surface area contributed by atoms with Crippen LogP contribution in [0, 0.1) is 19.8 Å². The monoisotopic (exact) mass is 372 g/mol. The van der Waals surface area contributed by atoms with Gasteiger partial charge in [-0.1, -0.05) is 13.8 Å². The summed E-state index contributed by atoms with van der Waals surface area (Å²) in [5, 5.41) is 19.3. The molecule has 2 amide bonds. The minimum Gasteiger partial charge on any atom is -0.508 e. The zero-order chi connectivity index (χ0) is 20.0. The highest BCUT2D eigenvalue weighted by Gasteiger charge is 2.15. The number of hydrogen-bond donors (Lipinski definition) is 3. The molecule has 0 radical (unpaired) electrons. The van der Waals surface area contributed by atoms with Crippen LogP contribution in [0.25, 0.3) is 0 Å². The fourth-order valence-corrected chi connectivity index (χ4v) is 2.83. The van der Waals surface area contributed by atoms with Gasteiger partial charge in [0.1, 0.15) is 5.75 Å². The second-order valence-electron chi connectivity index (χ2n) is 7.05. The lowest BCUT2D eigenvalue weighted by atomic mass is 10.1. The molecule has 3 N–H and O–H groups in total. The van der Waals surface area contributed by atoms with Gasteiger partial charge in [-0.05, 0) is 44.0 Å². The summed E-state index contributed by atoms with van der Waals surface area (Å²) in [5.41, 5.74) is 3.32. The molecule has 0 aliphatic rings. The van der Waals surface area contributed by atoms with E-state index in [2.05, 4.69) is 29.6 Å². The third-order valence-corrected chi connectivity index (χ3v) is 4.27. The largest absolute Gasteiger partial charge is 0.508 e. The molecule has 0 fully saturated rings. The SMILES string of the molecule is Cc1nn(CC(C)C)c(C)c1CC(=O)NCCNC(=O)c1ccc(O)cc1. The molecule has 1 heterocycles. The van der Waals surface area contributed by atoms with Gasteiger partial charge in [0.05, 0.1) is 12.1 Å². The zero-order valence-corrected chi connectivity index (χ0v) is 16.4. The van der Waals surface area contributed by atoms with Crippen molar-refractivity contribution in [3.63, 3.8) is 0 Å². The summed E-state index contributed by atoms with van der Waals surface area (Å²) in [6.45, 7) is 9.69. The number of aryl methyl sites for hydroxylation is 1. The molecular weight excluding hydrogens is 344 g/mol. The smallest absolute Gasteiger partial charge is 0.251 e. The zero-order valence-electron chi connectivity index (χ0n) is 16.4. The van der Waals surface area contributed by atoms with Crippen LogP contribution in [0.3, 0.4) is 0 Å². The molecule has 2 rings (SSSR count). The number of phenolic OH excluding ortho intramolecular Hbond substituents is 1. The van der Waals surface area contributed by atoms with Crippen LogP contribution in [0.1, 0.15) is 41.2 Å². The molecule has 7 nitrogen and oxygen atoms in total. The Labute approximate surface area is 159 Å². The normalized spacial score (nSPS) is 10.9. The van der Waals surface area contributed by atoms with Gasteiger partial charge in [0.25, 0.3) is 5.91 Å². The molecule has 7 heteroatoms. The van der Waals surface area contributed by atoms with Crippen molar-refractivity contribution in [2.75, 3.05) is 13.1 Å². The van der Waals surface area contributed by atoms with Crippen LogP contribution in [-0.4, -0.2) is 39.8 Å². The van der Waals surface area contributed by atoms with Crippen molar-refractivity contribution < 1.29 is 14.7 Å². The predicted molar refractivity (Wildman–Crippen MR) is 104 cm³/mol. The topological polar surface area (TPSA) is 96.3 Å². The minimum absolute atomic E-state index is 0.0934. The van der Waals surface area contributed by atoms with Crippen LogP contribution < -0.4 is 10.6 Å². The van der Waals surface area contributed by atoms with Crippen LogP contribution in [0.5, 0.6) is 5.75 Å². The highest BCUT2D eigenvalue weighted by Crippen LogP contribution is 2.15. The second-order valence-corrected chi connectivity index (χ2v) is 7.05. The maximum atomic E-state index is 12.2. The third-order valence-electron chi connectivity index (χ3n) is 4.27. The fourth-order valence-electron chi connectivity index (χ4n) is 2.83. The van der Waals surface area contributed by atoms with Crippen LogP contribution in [0.2, 0.25) is 0 Å². The number of rotatable bonds is 8. The number of amides is 2. The van der Waals surface area contributed by atoms with E-state index in [1.807, 2.05) is 18.5 Å². The molecule has 0 bridgehead atoms. The lowest BCUT2D eigenvalue weighted by Gasteiger charge is -2.09. The maximum Gasteiger partial charge on any atom is 0.251 e.